The first-order valence-corrected chi connectivity index (χ1v) is 11.6. The molecule has 1 heterocycles. The topological polar surface area (TPSA) is 46.9 Å². The molecule has 3 aromatic carbocycles. The Kier molecular flexibility index (Phi) is 6.76. The second-order valence-corrected chi connectivity index (χ2v) is 9.02. The summed E-state index contributed by atoms with van der Waals surface area (Å²) in [6.07, 6.45) is 0. The molecular weight excluding hydrogens is 414 g/mol. The van der Waals surface area contributed by atoms with E-state index in [1.54, 1.807) is 11.8 Å². The fourth-order valence-electron chi connectivity index (χ4n) is 3.71. The molecule has 0 aliphatic carbocycles. The third-order valence-corrected chi connectivity index (χ3v) is 6.81. The molecule has 162 valence electrons. The standard InChI is InChI=1S/C27H27N3OS/c1-19-12-10-11-15-23(19)18-30-21(3)25(20(2)29-30)28-27(31)26(22-13-6-4-7-14-22)32-24-16-8-5-9-17-24/h4-17,26H,18H2,1-3H3,(H,28,31)/t26-/m0/s1. The third-order valence-electron chi connectivity index (χ3n) is 5.55. The van der Waals surface area contributed by atoms with Crippen molar-refractivity contribution in [1.82, 2.24) is 9.78 Å². The Hall–Kier alpha value is -3.31. The van der Waals surface area contributed by atoms with Gasteiger partial charge in [-0.15, -0.1) is 11.8 Å². The molecule has 0 bridgehead atoms. The van der Waals surface area contributed by atoms with Crippen LogP contribution in [0.5, 0.6) is 0 Å². The van der Waals surface area contributed by atoms with Gasteiger partial charge in [0.1, 0.15) is 5.25 Å². The first-order valence-electron chi connectivity index (χ1n) is 10.7. The van der Waals surface area contributed by atoms with Crippen LogP contribution >= 0.6 is 11.8 Å². The van der Waals surface area contributed by atoms with E-state index < -0.39 is 0 Å². The highest BCUT2D eigenvalue weighted by Gasteiger charge is 2.24. The van der Waals surface area contributed by atoms with Crippen LogP contribution in [-0.4, -0.2) is 15.7 Å². The number of amides is 1. The number of aromatic nitrogens is 2. The minimum atomic E-state index is -0.364. The lowest BCUT2D eigenvalue weighted by Crippen LogP contribution is -2.20. The number of hydrogen-bond donors (Lipinski definition) is 1. The van der Waals surface area contributed by atoms with Crippen LogP contribution in [0.2, 0.25) is 0 Å². The van der Waals surface area contributed by atoms with Crippen LogP contribution < -0.4 is 5.32 Å². The fraction of sp³-hybridized carbons (Fsp3) is 0.185. The van der Waals surface area contributed by atoms with Crippen LogP contribution in [0.25, 0.3) is 0 Å². The number of anilines is 1. The lowest BCUT2D eigenvalue weighted by atomic mass is 10.1. The van der Waals surface area contributed by atoms with Crippen molar-refractivity contribution in [2.75, 3.05) is 5.32 Å². The zero-order chi connectivity index (χ0) is 22.5. The number of nitrogens with one attached hydrogen (secondary N) is 1. The summed E-state index contributed by atoms with van der Waals surface area (Å²) >= 11 is 1.55. The summed E-state index contributed by atoms with van der Waals surface area (Å²) < 4.78 is 1.97. The number of aryl methyl sites for hydroxylation is 2. The summed E-state index contributed by atoms with van der Waals surface area (Å²) in [5, 5.41) is 7.52. The summed E-state index contributed by atoms with van der Waals surface area (Å²) in [5.41, 5.74) is 5.99. The number of hydrogen-bond acceptors (Lipinski definition) is 3. The Bertz CT molecular complexity index is 1200. The molecule has 4 aromatic rings. The largest absolute Gasteiger partial charge is 0.322 e. The van der Waals surface area contributed by atoms with E-state index in [1.165, 1.54) is 11.1 Å². The van der Waals surface area contributed by atoms with E-state index in [0.29, 0.717) is 6.54 Å². The minimum Gasteiger partial charge on any atom is -0.322 e. The number of thioether (sulfide) groups is 1. The van der Waals surface area contributed by atoms with Gasteiger partial charge >= 0.3 is 0 Å². The molecule has 0 spiro atoms. The van der Waals surface area contributed by atoms with Gasteiger partial charge in [0.2, 0.25) is 5.91 Å². The summed E-state index contributed by atoms with van der Waals surface area (Å²) in [6, 6.07) is 28.3. The zero-order valence-corrected chi connectivity index (χ0v) is 19.4. The van der Waals surface area contributed by atoms with Gasteiger partial charge in [-0.2, -0.15) is 5.10 Å². The van der Waals surface area contributed by atoms with Crippen molar-refractivity contribution in [3.05, 3.63) is 113 Å². The van der Waals surface area contributed by atoms with E-state index in [1.807, 2.05) is 91.3 Å². The average molecular weight is 442 g/mol. The highest BCUT2D eigenvalue weighted by atomic mass is 32.2. The van der Waals surface area contributed by atoms with E-state index in [0.717, 1.165) is 27.5 Å². The predicted molar refractivity (Wildman–Crippen MR) is 132 cm³/mol. The van der Waals surface area contributed by atoms with Crippen molar-refractivity contribution >= 4 is 23.4 Å². The summed E-state index contributed by atoms with van der Waals surface area (Å²) in [6.45, 7) is 6.74. The SMILES string of the molecule is Cc1ccccc1Cn1nc(C)c(NC(=O)[C@@H](Sc2ccccc2)c2ccccc2)c1C. The van der Waals surface area contributed by atoms with Crippen LogP contribution in [0.15, 0.2) is 89.8 Å². The van der Waals surface area contributed by atoms with E-state index in [9.17, 15) is 4.79 Å². The molecule has 1 aromatic heterocycles. The quantitative estimate of drug-likeness (QED) is 0.341. The van der Waals surface area contributed by atoms with E-state index in [2.05, 4.69) is 24.4 Å². The van der Waals surface area contributed by atoms with Gasteiger partial charge in [-0.1, -0.05) is 72.8 Å². The summed E-state index contributed by atoms with van der Waals surface area (Å²) in [7, 11) is 0. The molecule has 0 radical (unpaired) electrons. The molecule has 0 saturated carbocycles. The van der Waals surface area contributed by atoms with Gasteiger partial charge in [0, 0.05) is 4.90 Å². The maximum Gasteiger partial charge on any atom is 0.242 e. The first kappa shape index (κ1) is 21.9. The second-order valence-electron chi connectivity index (χ2n) is 7.84. The Labute approximate surface area is 193 Å². The molecule has 5 heteroatoms. The maximum atomic E-state index is 13.5. The molecule has 32 heavy (non-hydrogen) atoms. The van der Waals surface area contributed by atoms with Crippen LogP contribution in [0.3, 0.4) is 0 Å². The molecule has 0 aliphatic heterocycles. The molecule has 1 amide bonds. The van der Waals surface area contributed by atoms with Crippen molar-refractivity contribution in [3.8, 4) is 0 Å². The van der Waals surface area contributed by atoms with Crippen molar-refractivity contribution in [2.45, 2.75) is 37.5 Å². The molecule has 0 saturated heterocycles. The number of benzene rings is 3. The van der Waals surface area contributed by atoms with Crippen LogP contribution in [0, 0.1) is 20.8 Å². The molecule has 1 N–H and O–H groups in total. The second kappa shape index (κ2) is 9.88. The lowest BCUT2D eigenvalue weighted by molar-refractivity contribution is -0.115. The molecule has 4 rings (SSSR count). The number of rotatable bonds is 7. The molecule has 0 unspecified atom stereocenters. The molecule has 0 aliphatic rings. The van der Waals surface area contributed by atoms with E-state index in [4.69, 9.17) is 5.10 Å². The first-order chi connectivity index (χ1) is 15.5. The van der Waals surface area contributed by atoms with Gasteiger partial charge < -0.3 is 5.32 Å². The zero-order valence-electron chi connectivity index (χ0n) is 18.6. The highest BCUT2D eigenvalue weighted by molar-refractivity contribution is 8.00. The average Bonchev–Trinajstić information content (AvgIpc) is 3.07. The molecule has 4 nitrogen and oxygen atoms in total. The van der Waals surface area contributed by atoms with Gasteiger partial charge in [0.15, 0.2) is 0 Å². The monoisotopic (exact) mass is 441 g/mol. The molecular formula is C27H27N3OS. The van der Waals surface area contributed by atoms with Gasteiger partial charge in [-0.05, 0) is 49.6 Å². The maximum absolute atomic E-state index is 13.5. The molecule has 1 atom stereocenters. The Morgan fingerprint density at radius 2 is 1.53 bits per heavy atom. The van der Waals surface area contributed by atoms with Crippen molar-refractivity contribution < 1.29 is 4.79 Å². The summed E-state index contributed by atoms with van der Waals surface area (Å²) in [5.74, 6) is -0.0494. The number of carbonyl (C=O) groups excluding carboxylic acids is 1. The highest BCUT2D eigenvalue weighted by Crippen LogP contribution is 2.36. The van der Waals surface area contributed by atoms with Gasteiger partial charge in [-0.25, -0.2) is 0 Å². The van der Waals surface area contributed by atoms with Crippen molar-refractivity contribution in [1.29, 1.82) is 0 Å². The number of carbonyl (C=O) groups is 1. The molecule has 0 fully saturated rings. The lowest BCUT2D eigenvalue weighted by Gasteiger charge is -2.17. The minimum absolute atomic E-state index is 0.0494. The summed E-state index contributed by atoms with van der Waals surface area (Å²) in [4.78, 5) is 14.5. The van der Waals surface area contributed by atoms with Crippen molar-refractivity contribution in [3.63, 3.8) is 0 Å². The third kappa shape index (κ3) is 4.94. The van der Waals surface area contributed by atoms with Crippen LogP contribution in [-0.2, 0) is 11.3 Å². The Balaban J connectivity index is 1.59. The van der Waals surface area contributed by atoms with Gasteiger partial charge in [0.05, 0.1) is 23.6 Å². The van der Waals surface area contributed by atoms with Gasteiger partial charge in [-0.3, -0.25) is 9.48 Å². The Morgan fingerprint density at radius 1 is 0.906 bits per heavy atom. The van der Waals surface area contributed by atoms with Crippen molar-refractivity contribution in [2.24, 2.45) is 0 Å². The van der Waals surface area contributed by atoms with Gasteiger partial charge in [0.25, 0.3) is 0 Å². The van der Waals surface area contributed by atoms with E-state index in [-0.39, 0.29) is 11.2 Å². The Morgan fingerprint density at radius 3 is 2.22 bits per heavy atom. The predicted octanol–water partition coefficient (Wildman–Crippen LogP) is 6.33. The fourth-order valence-corrected chi connectivity index (χ4v) is 4.75. The van der Waals surface area contributed by atoms with Crippen LogP contribution in [0.1, 0.15) is 33.3 Å². The van der Waals surface area contributed by atoms with Crippen LogP contribution in [0.4, 0.5) is 5.69 Å². The smallest absolute Gasteiger partial charge is 0.242 e. The normalized spacial score (nSPS) is 11.8. The van der Waals surface area contributed by atoms with E-state index >= 15 is 0 Å². The number of nitrogens with zero attached hydrogens (tertiary/aromatic N) is 2.